The van der Waals surface area contributed by atoms with Gasteiger partial charge < -0.3 is 4.74 Å². The fourth-order valence-electron chi connectivity index (χ4n) is 3.11. The van der Waals surface area contributed by atoms with Crippen LogP contribution in [0.25, 0.3) is 21.3 Å². The summed E-state index contributed by atoms with van der Waals surface area (Å²) in [5.74, 6) is -2.59. The fraction of sp³-hybridized carbons (Fsp3) is 0.182. The Kier molecular flexibility index (Phi) is 4.78. The Morgan fingerprint density at radius 1 is 0.931 bits per heavy atom. The molecule has 2 heterocycles. The van der Waals surface area contributed by atoms with Crippen molar-refractivity contribution in [3.8, 4) is 22.8 Å². The van der Waals surface area contributed by atoms with Crippen molar-refractivity contribution in [3.05, 3.63) is 71.1 Å². The van der Waals surface area contributed by atoms with Crippen LogP contribution in [0.1, 0.15) is 25.6 Å². The Balaban J connectivity index is 2.02. The van der Waals surface area contributed by atoms with Gasteiger partial charge >= 0.3 is 0 Å². The van der Waals surface area contributed by atoms with E-state index in [0.717, 1.165) is 17.0 Å². The van der Waals surface area contributed by atoms with Crippen molar-refractivity contribution >= 4 is 21.6 Å². The number of nitrogens with zero attached hydrogens (tertiary/aromatic N) is 2. The first-order valence-corrected chi connectivity index (χ1v) is 9.73. The van der Waals surface area contributed by atoms with Crippen LogP contribution in [0.15, 0.2) is 48.8 Å². The molecule has 7 heteroatoms. The van der Waals surface area contributed by atoms with E-state index in [1.54, 1.807) is 12.1 Å². The molecule has 0 aliphatic rings. The maximum absolute atomic E-state index is 14.2. The zero-order chi connectivity index (χ0) is 20.8. The molecule has 4 aromatic rings. The summed E-state index contributed by atoms with van der Waals surface area (Å²) in [5, 5.41) is 0.496. The number of thiophene rings is 1. The predicted molar refractivity (Wildman–Crippen MR) is 108 cm³/mol. The van der Waals surface area contributed by atoms with Crippen molar-refractivity contribution in [2.45, 2.75) is 26.2 Å². The van der Waals surface area contributed by atoms with Crippen molar-refractivity contribution in [1.82, 2.24) is 9.97 Å². The van der Waals surface area contributed by atoms with Crippen LogP contribution in [0, 0.1) is 17.5 Å². The van der Waals surface area contributed by atoms with E-state index in [1.807, 2.05) is 20.8 Å². The van der Waals surface area contributed by atoms with Crippen LogP contribution >= 0.6 is 11.3 Å². The average Bonchev–Trinajstić information content (AvgIpc) is 3.06. The average molecular weight is 414 g/mol. The SMILES string of the molecule is CC(C)(C)c1sc2ncnc(Oc3c(F)cccc3F)c2c1-c1cccc(F)c1. The van der Waals surface area contributed by atoms with Gasteiger partial charge in [-0.2, -0.15) is 0 Å². The van der Waals surface area contributed by atoms with Crippen molar-refractivity contribution in [2.75, 3.05) is 0 Å². The van der Waals surface area contributed by atoms with Crippen LogP contribution in [0.5, 0.6) is 11.6 Å². The van der Waals surface area contributed by atoms with Crippen LogP contribution in [-0.2, 0) is 5.41 Å². The Morgan fingerprint density at radius 2 is 1.62 bits per heavy atom. The quantitative estimate of drug-likeness (QED) is 0.367. The molecule has 0 fully saturated rings. The van der Waals surface area contributed by atoms with Crippen molar-refractivity contribution < 1.29 is 17.9 Å². The monoisotopic (exact) mass is 414 g/mol. The molecular formula is C22H17F3N2OS. The molecule has 0 unspecified atom stereocenters. The topological polar surface area (TPSA) is 35.0 Å². The summed E-state index contributed by atoms with van der Waals surface area (Å²) in [6.45, 7) is 6.10. The lowest BCUT2D eigenvalue weighted by molar-refractivity contribution is 0.399. The first-order valence-electron chi connectivity index (χ1n) is 8.91. The zero-order valence-electron chi connectivity index (χ0n) is 16.0. The lowest BCUT2D eigenvalue weighted by Crippen LogP contribution is -2.10. The molecule has 2 aromatic carbocycles. The molecule has 29 heavy (non-hydrogen) atoms. The van der Waals surface area contributed by atoms with Crippen LogP contribution < -0.4 is 4.74 Å². The normalized spacial score (nSPS) is 11.8. The number of hydrogen-bond acceptors (Lipinski definition) is 4. The minimum Gasteiger partial charge on any atom is -0.432 e. The van der Waals surface area contributed by atoms with E-state index < -0.39 is 17.4 Å². The zero-order valence-corrected chi connectivity index (χ0v) is 16.8. The van der Waals surface area contributed by atoms with Gasteiger partial charge in [0, 0.05) is 10.4 Å². The number of para-hydroxylation sites is 1. The first-order chi connectivity index (χ1) is 13.8. The molecule has 0 atom stereocenters. The third-order valence-corrected chi connectivity index (χ3v) is 5.89. The highest BCUT2D eigenvalue weighted by Gasteiger charge is 2.28. The molecule has 0 saturated carbocycles. The van der Waals surface area contributed by atoms with Crippen molar-refractivity contribution in [2.24, 2.45) is 0 Å². The second kappa shape index (κ2) is 7.15. The third kappa shape index (κ3) is 3.58. The molecule has 2 aromatic heterocycles. The molecule has 148 valence electrons. The van der Waals surface area contributed by atoms with Crippen LogP contribution in [0.2, 0.25) is 0 Å². The van der Waals surface area contributed by atoms with Crippen LogP contribution in [0.4, 0.5) is 13.2 Å². The molecule has 0 saturated heterocycles. The smallest absolute Gasteiger partial charge is 0.232 e. The minimum absolute atomic E-state index is 0.0185. The van der Waals surface area contributed by atoms with E-state index in [1.165, 1.54) is 35.9 Å². The highest BCUT2D eigenvalue weighted by molar-refractivity contribution is 7.19. The second-order valence-electron chi connectivity index (χ2n) is 7.58. The number of benzene rings is 2. The van der Waals surface area contributed by atoms with Gasteiger partial charge in [0.2, 0.25) is 11.6 Å². The summed E-state index contributed by atoms with van der Waals surface area (Å²) in [6.07, 6.45) is 1.29. The summed E-state index contributed by atoms with van der Waals surface area (Å²) in [6, 6.07) is 9.64. The van der Waals surface area contributed by atoms with Gasteiger partial charge in [0.25, 0.3) is 0 Å². The third-order valence-electron chi connectivity index (χ3n) is 4.37. The molecule has 0 aliphatic heterocycles. The molecular weight excluding hydrogens is 397 g/mol. The largest absolute Gasteiger partial charge is 0.432 e. The van der Waals surface area contributed by atoms with Crippen LogP contribution in [-0.4, -0.2) is 9.97 Å². The number of halogens is 3. The van der Waals surface area contributed by atoms with Gasteiger partial charge in [-0.15, -0.1) is 11.3 Å². The Labute approximate surface area is 169 Å². The molecule has 0 bridgehead atoms. The fourth-order valence-corrected chi connectivity index (χ4v) is 4.32. The Hall–Kier alpha value is -2.93. The van der Waals surface area contributed by atoms with E-state index in [4.69, 9.17) is 4.74 Å². The summed E-state index contributed by atoms with van der Waals surface area (Å²) in [7, 11) is 0. The van der Waals surface area contributed by atoms with E-state index in [9.17, 15) is 13.2 Å². The highest BCUT2D eigenvalue weighted by Crippen LogP contribution is 2.47. The molecule has 0 N–H and O–H groups in total. The molecule has 0 radical (unpaired) electrons. The lowest BCUT2D eigenvalue weighted by Gasteiger charge is -2.19. The predicted octanol–water partition coefficient (Wildman–Crippen LogP) is 6.87. The summed E-state index contributed by atoms with van der Waals surface area (Å²) in [5.41, 5.74) is 1.03. The number of aromatic nitrogens is 2. The summed E-state index contributed by atoms with van der Waals surface area (Å²) >= 11 is 1.42. The first kappa shape index (κ1) is 19.4. The lowest BCUT2D eigenvalue weighted by atomic mass is 9.88. The van der Waals surface area contributed by atoms with Gasteiger partial charge in [0.15, 0.2) is 11.6 Å². The number of rotatable bonds is 3. The van der Waals surface area contributed by atoms with E-state index in [0.29, 0.717) is 21.3 Å². The number of ether oxygens (including phenoxy) is 1. The number of fused-ring (bicyclic) bond motifs is 1. The molecule has 3 nitrogen and oxygen atoms in total. The summed E-state index contributed by atoms with van der Waals surface area (Å²) < 4.78 is 47.9. The highest BCUT2D eigenvalue weighted by atomic mass is 32.1. The maximum Gasteiger partial charge on any atom is 0.232 e. The Bertz CT molecular complexity index is 1190. The minimum atomic E-state index is -0.838. The van der Waals surface area contributed by atoms with E-state index >= 15 is 0 Å². The summed E-state index contributed by atoms with van der Waals surface area (Å²) in [4.78, 5) is 9.99. The van der Waals surface area contributed by atoms with Gasteiger partial charge in [-0.05, 0) is 35.2 Å². The van der Waals surface area contributed by atoms with E-state index in [2.05, 4.69) is 9.97 Å². The van der Waals surface area contributed by atoms with Crippen molar-refractivity contribution in [3.63, 3.8) is 0 Å². The molecule has 0 amide bonds. The molecule has 0 spiro atoms. The standard InChI is InChI=1S/C22H17F3N2OS/c1-22(2,3)19-16(12-6-4-7-13(23)10-12)17-20(26-11-27-21(17)29-19)28-18-14(24)8-5-9-15(18)25/h4-11H,1-3H3. The molecule has 4 rings (SSSR count). The number of hydrogen-bond donors (Lipinski definition) is 0. The van der Waals surface area contributed by atoms with Gasteiger partial charge in [-0.1, -0.05) is 39.0 Å². The van der Waals surface area contributed by atoms with Gasteiger partial charge in [-0.25, -0.2) is 23.1 Å². The molecule has 0 aliphatic carbocycles. The van der Waals surface area contributed by atoms with Crippen LogP contribution in [0.3, 0.4) is 0 Å². The maximum atomic E-state index is 14.2. The van der Waals surface area contributed by atoms with Crippen molar-refractivity contribution in [1.29, 1.82) is 0 Å². The van der Waals surface area contributed by atoms with Gasteiger partial charge in [0.1, 0.15) is 17.0 Å². The van der Waals surface area contributed by atoms with Gasteiger partial charge in [-0.3, -0.25) is 0 Å². The second-order valence-corrected chi connectivity index (χ2v) is 8.58. The van der Waals surface area contributed by atoms with E-state index in [-0.39, 0.29) is 17.1 Å². The van der Waals surface area contributed by atoms with Gasteiger partial charge in [0.05, 0.1) is 5.39 Å². The Morgan fingerprint density at radius 3 is 2.28 bits per heavy atom.